The third-order valence-electron chi connectivity index (χ3n) is 2.36. The first-order valence-corrected chi connectivity index (χ1v) is 5.33. The summed E-state index contributed by atoms with van der Waals surface area (Å²) in [6, 6.07) is 6.80. The quantitative estimate of drug-likeness (QED) is 0.692. The van der Waals surface area contributed by atoms with Gasteiger partial charge >= 0.3 is 0 Å². The molecule has 16 heavy (non-hydrogen) atoms. The van der Waals surface area contributed by atoms with E-state index in [0.717, 1.165) is 5.56 Å². The molecular formula is C12H18N2O2. The zero-order valence-corrected chi connectivity index (χ0v) is 9.66. The van der Waals surface area contributed by atoms with Crippen LogP contribution in [-0.4, -0.2) is 24.6 Å². The molecule has 0 radical (unpaired) electrons. The van der Waals surface area contributed by atoms with Crippen LogP contribution in [0.4, 0.5) is 0 Å². The van der Waals surface area contributed by atoms with Gasteiger partial charge in [-0.2, -0.15) is 0 Å². The van der Waals surface area contributed by atoms with E-state index in [1.165, 1.54) is 0 Å². The molecule has 1 aromatic carbocycles. The molecule has 0 aliphatic heterocycles. The van der Waals surface area contributed by atoms with E-state index >= 15 is 0 Å². The van der Waals surface area contributed by atoms with Crippen LogP contribution in [0.25, 0.3) is 0 Å². The van der Waals surface area contributed by atoms with Gasteiger partial charge in [-0.3, -0.25) is 4.79 Å². The SMILES string of the molecule is CNCC(C)C(=O)NCc1ccc(O)cc1. The van der Waals surface area contributed by atoms with Crippen LogP contribution in [0, 0.1) is 5.92 Å². The first-order chi connectivity index (χ1) is 7.63. The monoisotopic (exact) mass is 222 g/mol. The highest BCUT2D eigenvalue weighted by Crippen LogP contribution is 2.09. The Morgan fingerprint density at radius 1 is 1.38 bits per heavy atom. The Hall–Kier alpha value is -1.55. The molecule has 88 valence electrons. The van der Waals surface area contributed by atoms with E-state index in [9.17, 15) is 4.79 Å². The van der Waals surface area contributed by atoms with E-state index in [2.05, 4.69) is 10.6 Å². The molecule has 0 fully saturated rings. The van der Waals surface area contributed by atoms with E-state index in [1.807, 2.05) is 14.0 Å². The zero-order valence-electron chi connectivity index (χ0n) is 9.66. The molecule has 0 bridgehead atoms. The Balaban J connectivity index is 2.39. The zero-order chi connectivity index (χ0) is 12.0. The lowest BCUT2D eigenvalue weighted by atomic mass is 10.1. The van der Waals surface area contributed by atoms with Gasteiger partial charge in [0, 0.05) is 19.0 Å². The highest BCUT2D eigenvalue weighted by Gasteiger charge is 2.10. The summed E-state index contributed by atoms with van der Waals surface area (Å²) in [6.07, 6.45) is 0. The normalized spacial score (nSPS) is 12.1. The topological polar surface area (TPSA) is 61.4 Å². The molecule has 0 saturated carbocycles. The Kier molecular flexibility index (Phi) is 4.79. The number of amides is 1. The molecule has 4 nitrogen and oxygen atoms in total. The van der Waals surface area contributed by atoms with E-state index < -0.39 is 0 Å². The molecular weight excluding hydrogens is 204 g/mol. The van der Waals surface area contributed by atoms with Gasteiger partial charge in [0.1, 0.15) is 5.75 Å². The summed E-state index contributed by atoms with van der Waals surface area (Å²) in [5, 5.41) is 14.9. The van der Waals surface area contributed by atoms with E-state index in [4.69, 9.17) is 5.11 Å². The molecule has 0 aliphatic rings. The maximum atomic E-state index is 11.6. The van der Waals surface area contributed by atoms with Crippen LogP contribution >= 0.6 is 0 Å². The van der Waals surface area contributed by atoms with Crippen molar-refractivity contribution in [3.05, 3.63) is 29.8 Å². The van der Waals surface area contributed by atoms with Crippen LogP contribution < -0.4 is 10.6 Å². The van der Waals surface area contributed by atoms with Crippen LogP contribution in [0.1, 0.15) is 12.5 Å². The number of carbonyl (C=O) groups excluding carboxylic acids is 1. The molecule has 0 heterocycles. The Bertz CT molecular complexity index is 335. The molecule has 0 spiro atoms. The molecule has 1 unspecified atom stereocenters. The van der Waals surface area contributed by atoms with Crippen molar-refractivity contribution in [2.45, 2.75) is 13.5 Å². The number of rotatable bonds is 5. The third kappa shape index (κ3) is 3.90. The standard InChI is InChI=1S/C12H18N2O2/c1-9(7-13-2)12(16)14-8-10-3-5-11(15)6-4-10/h3-6,9,13,15H,7-8H2,1-2H3,(H,14,16). The van der Waals surface area contributed by atoms with Crippen molar-refractivity contribution < 1.29 is 9.90 Å². The highest BCUT2D eigenvalue weighted by molar-refractivity contribution is 5.78. The fourth-order valence-corrected chi connectivity index (χ4v) is 1.38. The lowest BCUT2D eigenvalue weighted by Gasteiger charge is -2.11. The molecule has 0 saturated heterocycles. The van der Waals surface area contributed by atoms with Crippen molar-refractivity contribution in [1.82, 2.24) is 10.6 Å². The minimum Gasteiger partial charge on any atom is -0.508 e. The highest BCUT2D eigenvalue weighted by atomic mass is 16.3. The first-order valence-electron chi connectivity index (χ1n) is 5.33. The number of phenolic OH excluding ortho intramolecular Hbond substituents is 1. The van der Waals surface area contributed by atoms with Crippen molar-refractivity contribution in [2.24, 2.45) is 5.92 Å². The number of carbonyl (C=O) groups is 1. The van der Waals surface area contributed by atoms with Crippen molar-refractivity contribution in [2.75, 3.05) is 13.6 Å². The molecule has 1 amide bonds. The van der Waals surface area contributed by atoms with Crippen molar-refractivity contribution in [3.8, 4) is 5.75 Å². The van der Waals surface area contributed by atoms with Crippen LogP contribution in [0.5, 0.6) is 5.75 Å². The van der Waals surface area contributed by atoms with Crippen molar-refractivity contribution in [1.29, 1.82) is 0 Å². The van der Waals surface area contributed by atoms with Gasteiger partial charge in [0.2, 0.25) is 5.91 Å². The number of hydrogen-bond acceptors (Lipinski definition) is 3. The van der Waals surface area contributed by atoms with Gasteiger partial charge < -0.3 is 15.7 Å². The van der Waals surface area contributed by atoms with E-state index in [1.54, 1.807) is 24.3 Å². The Morgan fingerprint density at radius 3 is 2.56 bits per heavy atom. The van der Waals surface area contributed by atoms with Crippen molar-refractivity contribution in [3.63, 3.8) is 0 Å². The summed E-state index contributed by atoms with van der Waals surface area (Å²) in [4.78, 5) is 11.6. The summed E-state index contributed by atoms with van der Waals surface area (Å²) in [6.45, 7) is 3.04. The van der Waals surface area contributed by atoms with Gasteiger partial charge in [-0.05, 0) is 24.7 Å². The molecule has 0 aromatic heterocycles. The van der Waals surface area contributed by atoms with Crippen molar-refractivity contribution >= 4 is 5.91 Å². The molecule has 1 atom stereocenters. The largest absolute Gasteiger partial charge is 0.508 e. The van der Waals surface area contributed by atoms with Gasteiger partial charge in [-0.1, -0.05) is 19.1 Å². The maximum absolute atomic E-state index is 11.6. The molecule has 1 aromatic rings. The number of aromatic hydroxyl groups is 1. The molecule has 4 heteroatoms. The summed E-state index contributed by atoms with van der Waals surface area (Å²) in [5.74, 6) is 0.225. The number of hydrogen-bond donors (Lipinski definition) is 3. The van der Waals surface area contributed by atoms with Gasteiger partial charge in [0.05, 0.1) is 0 Å². The number of benzene rings is 1. The van der Waals surface area contributed by atoms with Crippen LogP contribution in [0.2, 0.25) is 0 Å². The molecule has 3 N–H and O–H groups in total. The maximum Gasteiger partial charge on any atom is 0.224 e. The Morgan fingerprint density at radius 2 is 2.00 bits per heavy atom. The van der Waals surface area contributed by atoms with Crippen LogP contribution in [0.15, 0.2) is 24.3 Å². The summed E-state index contributed by atoms with van der Waals surface area (Å²) in [7, 11) is 1.82. The Labute approximate surface area is 95.7 Å². The van der Waals surface area contributed by atoms with Crippen LogP contribution in [-0.2, 0) is 11.3 Å². The van der Waals surface area contributed by atoms with Gasteiger partial charge in [-0.25, -0.2) is 0 Å². The van der Waals surface area contributed by atoms with Crippen LogP contribution in [0.3, 0.4) is 0 Å². The lowest BCUT2D eigenvalue weighted by molar-refractivity contribution is -0.124. The fourth-order valence-electron chi connectivity index (χ4n) is 1.38. The summed E-state index contributed by atoms with van der Waals surface area (Å²) >= 11 is 0. The first kappa shape index (κ1) is 12.5. The minimum absolute atomic E-state index is 0.0300. The second-order valence-corrected chi connectivity index (χ2v) is 3.84. The van der Waals surface area contributed by atoms with Gasteiger partial charge in [0.15, 0.2) is 0 Å². The van der Waals surface area contributed by atoms with Gasteiger partial charge in [0.25, 0.3) is 0 Å². The predicted molar refractivity (Wildman–Crippen MR) is 63.0 cm³/mol. The number of phenols is 1. The second-order valence-electron chi connectivity index (χ2n) is 3.84. The lowest BCUT2D eigenvalue weighted by Crippen LogP contribution is -2.33. The van der Waals surface area contributed by atoms with Gasteiger partial charge in [-0.15, -0.1) is 0 Å². The average molecular weight is 222 g/mol. The van der Waals surface area contributed by atoms with E-state index in [-0.39, 0.29) is 17.6 Å². The average Bonchev–Trinajstić information content (AvgIpc) is 2.28. The minimum atomic E-state index is -0.0397. The smallest absolute Gasteiger partial charge is 0.224 e. The number of nitrogens with one attached hydrogen (secondary N) is 2. The second kappa shape index (κ2) is 6.12. The summed E-state index contributed by atoms with van der Waals surface area (Å²) < 4.78 is 0. The predicted octanol–water partition coefficient (Wildman–Crippen LogP) is 0.864. The molecule has 0 aliphatic carbocycles. The third-order valence-corrected chi connectivity index (χ3v) is 2.36. The summed E-state index contributed by atoms with van der Waals surface area (Å²) in [5.41, 5.74) is 0.975. The fraction of sp³-hybridized carbons (Fsp3) is 0.417. The van der Waals surface area contributed by atoms with E-state index in [0.29, 0.717) is 13.1 Å². The molecule has 1 rings (SSSR count).